The van der Waals surface area contributed by atoms with Gasteiger partial charge < -0.3 is 15.1 Å². The highest BCUT2D eigenvalue weighted by molar-refractivity contribution is 5.48. The number of hydrogen-bond donors (Lipinski definition) is 2. The number of benzene rings is 2. The minimum Gasteiger partial charge on any atom is -0.508 e. The molecule has 33 heavy (non-hydrogen) atoms. The lowest BCUT2D eigenvalue weighted by atomic mass is 9.52. The first-order valence-corrected chi connectivity index (χ1v) is 13.1. The van der Waals surface area contributed by atoms with Crippen molar-refractivity contribution in [2.24, 2.45) is 5.92 Å². The molecule has 6 rings (SSSR count). The Morgan fingerprint density at radius 2 is 1.73 bits per heavy atom. The summed E-state index contributed by atoms with van der Waals surface area (Å²) in [5.41, 5.74) is 3.04. The van der Waals surface area contributed by atoms with E-state index in [-0.39, 0.29) is 11.5 Å². The monoisotopic (exact) mass is 446 g/mol. The van der Waals surface area contributed by atoms with E-state index in [1.54, 1.807) is 0 Å². The lowest BCUT2D eigenvalue weighted by Crippen LogP contribution is -2.71. The van der Waals surface area contributed by atoms with Gasteiger partial charge in [-0.15, -0.1) is 0 Å². The SMILES string of the molecule is Oc1ccc2c(c1)[C@@]13CCN(CCCc4ccccc4)CC[C@@]1(O)C(C2)N(CC1CC1)CC3. The Kier molecular flexibility index (Phi) is 5.51. The highest BCUT2D eigenvalue weighted by Crippen LogP contribution is 2.56. The van der Waals surface area contributed by atoms with Crippen molar-refractivity contribution in [1.82, 2.24) is 9.80 Å². The van der Waals surface area contributed by atoms with Crippen LogP contribution in [0, 0.1) is 5.92 Å². The third-order valence-corrected chi connectivity index (χ3v) is 9.31. The number of rotatable bonds is 6. The average molecular weight is 447 g/mol. The molecule has 0 amide bonds. The standard InChI is InChI=1S/C29H38N2O2/c32-25-11-10-24-19-27-29(33)14-17-30(15-4-7-22-5-2-1-3-6-22)16-12-28(29,26(24)20-25)13-18-31(27)21-23-8-9-23/h1-3,5-6,10-11,20,23,27,32-33H,4,7-9,12-19,21H2/t27?,28-,29+/m0/s1. The molecule has 2 aliphatic heterocycles. The fourth-order valence-electron chi connectivity index (χ4n) is 7.29. The van der Waals surface area contributed by atoms with Crippen molar-refractivity contribution < 1.29 is 10.2 Å². The van der Waals surface area contributed by atoms with Crippen molar-refractivity contribution in [2.45, 2.75) is 68.4 Å². The lowest BCUT2D eigenvalue weighted by Gasteiger charge is -2.61. The number of aryl methyl sites for hydroxylation is 1. The van der Waals surface area contributed by atoms with Crippen molar-refractivity contribution in [3.63, 3.8) is 0 Å². The highest BCUT2D eigenvalue weighted by atomic mass is 16.3. The summed E-state index contributed by atoms with van der Waals surface area (Å²) in [6, 6.07) is 16.9. The molecule has 176 valence electrons. The van der Waals surface area contributed by atoms with Crippen LogP contribution in [0.5, 0.6) is 5.75 Å². The van der Waals surface area contributed by atoms with Crippen LogP contribution in [-0.2, 0) is 18.3 Å². The second-order valence-corrected chi connectivity index (χ2v) is 11.2. The van der Waals surface area contributed by atoms with Gasteiger partial charge in [0, 0.05) is 24.5 Å². The Balaban J connectivity index is 1.26. The number of fused-ring (bicyclic) bond motifs is 1. The molecule has 2 aliphatic carbocycles. The minimum absolute atomic E-state index is 0.202. The molecule has 1 unspecified atom stereocenters. The van der Waals surface area contributed by atoms with Gasteiger partial charge in [-0.1, -0.05) is 36.4 Å². The van der Waals surface area contributed by atoms with Crippen LogP contribution in [0.1, 0.15) is 55.2 Å². The molecular formula is C29H38N2O2. The van der Waals surface area contributed by atoms with Crippen LogP contribution < -0.4 is 0 Å². The minimum atomic E-state index is -0.713. The molecule has 0 radical (unpaired) electrons. The van der Waals surface area contributed by atoms with Gasteiger partial charge in [-0.3, -0.25) is 4.90 Å². The number of piperidine rings is 1. The summed E-state index contributed by atoms with van der Waals surface area (Å²) in [6.07, 6.45) is 8.71. The fraction of sp³-hybridized carbons (Fsp3) is 0.586. The predicted octanol–water partition coefficient (Wildman–Crippen LogP) is 4.13. The summed E-state index contributed by atoms with van der Waals surface area (Å²) < 4.78 is 0. The van der Waals surface area contributed by atoms with Crippen molar-refractivity contribution >= 4 is 0 Å². The molecule has 0 spiro atoms. The maximum atomic E-state index is 12.6. The Morgan fingerprint density at radius 1 is 0.939 bits per heavy atom. The summed E-state index contributed by atoms with van der Waals surface area (Å²) in [5, 5.41) is 22.9. The Labute approximate surface area is 198 Å². The van der Waals surface area contributed by atoms with E-state index >= 15 is 0 Å². The predicted molar refractivity (Wildman–Crippen MR) is 132 cm³/mol. The van der Waals surface area contributed by atoms with E-state index in [0.29, 0.717) is 5.75 Å². The van der Waals surface area contributed by atoms with Crippen LogP contribution in [0.15, 0.2) is 48.5 Å². The van der Waals surface area contributed by atoms with E-state index in [1.807, 2.05) is 12.1 Å². The number of phenols is 1. The Hall–Kier alpha value is -1.88. The molecule has 1 saturated carbocycles. The van der Waals surface area contributed by atoms with Crippen molar-refractivity contribution in [1.29, 1.82) is 0 Å². The lowest BCUT2D eigenvalue weighted by molar-refractivity contribution is -0.149. The Morgan fingerprint density at radius 3 is 2.55 bits per heavy atom. The number of aromatic hydroxyl groups is 1. The van der Waals surface area contributed by atoms with Gasteiger partial charge in [-0.2, -0.15) is 0 Å². The van der Waals surface area contributed by atoms with Gasteiger partial charge in [0.05, 0.1) is 5.60 Å². The third-order valence-electron chi connectivity index (χ3n) is 9.31. The van der Waals surface area contributed by atoms with Crippen molar-refractivity contribution in [3.05, 3.63) is 65.2 Å². The molecule has 4 aliphatic rings. The second-order valence-electron chi connectivity index (χ2n) is 11.2. The van der Waals surface area contributed by atoms with Crippen LogP contribution in [0.25, 0.3) is 0 Å². The van der Waals surface area contributed by atoms with Gasteiger partial charge in [0.2, 0.25) is 0 Å². The van der Waals surface area contributed by atoms with E-state index in [0.717, 1.165) is 77.2 Å². The smallest absolute Gasteiger partial charge is 0.115 e. The third kappa shape index (κ3) is 3.80. The summed E-state index contributed by atoms with van der Waals surface area (Å²) >= 11 is 0. The van der Waals surface area contributed by atoms with E-state index in [4.69, 9.17) is 0 Å². The maximum Gasteiger partial charge on any atom is 0.115 e. The normalized spacial score (nSPS) is 32.1. The molecule has 2 aromatic carbocycles. The molecule has 0 aromatic heterocycles. The molecule has 3 fully saturated rings. The second kappa shape index (κ2) is 8.41. The first-order chi connectivity index (χ1) is 16.1. The topological polar surface area (TPSA) is 46.9 Å². The summed E-state index contributed by atoms with van der Waals surface area (Å²) in [7, 11) is 0. The molecule has 2 bridgehead atoms. The first kappa shape index (κ1) is 21.6. The van der Waals surface area contributed by atoms with E-state index in [9.17, 15) is 10.2 Å². The zero-order chi connectivity index (χ0) is 22.5. The van der Waals surface area contributed by atoms with Gasteiger partial charge in [0.25, 0.3) is 0 Å². The van der Waals surface area contributed by atoms with Crippen LogP contribution >= 0.6 is 0 Å². The van der Waals surface area contributed by atoms with Gasteiger partial charge in [-0.05, 0) is 106 Å². The quantitative estimate of drug-likeness (QED) is 0.701. The number of likely N-dealkylation sites (tertiary alicyclic amines) is 2. The number of aliphatic hydroxyl groups is 1. The van der Waals surface area contributed by atoms with Crippen LogP contribution in [0.4, 0.5) is 0 Å². The van der Waals surface area contributed by atoms with Gasteiger partial charge in [0.15, 0.2) is 0 Å². The summed E-state index contributed by atoms with van der Waals surface area (Å²) in [5.74, 6) is 1.18. The average Bonchev–Trinajstić information content (AvgIpc) is 3.65. The molecule has 4 heteroatoms. The maximum absolute atomic E-state index is 12.6. The van der Waals surface area contributed by atoms with E-state index in [2.05, 4.69) is 46.2 Å². The summed E-state index contributed by atoms with van der Waals surface area (Å²) in [4.78, 5) is 5.23. The molecule has 2 saturated heterocycles. The number of hydrogen-bond acceptors (Lipinski definition) is 4. The molecule has 4 nitrogen and oxygen atoms in total. The van der Waals surface area contributed by atoms with Crippen molar-refractivity contribution in [3.8, 4) is 5.75 Å². The largest absolute Gasteiger partial charge is 0.508 e. The molecule has 3 atom stereocenters. The van der Waals surface area contributed by atoms with Gasteiger partial charge in [0.1, 0.15) is 5.75 Å². The zero-order valence-electron chi connectivity index (χ0n) is 19.8. The molecule has 2 heterocycles. The van der Waals surface area contributed by atoms with Gasteiger partial charge in [-0.25, -0.2) is 0 Å². The highest BCUT2D eigenvalue weighted by Gasteiger charge is 2.63. The number of nitrogens with zero attached hydrogens (tertiary/aromatic N) is 2. The zero-order valence-corrected chi connectivity index (χ0v) is 19.8. The van der Waals surface area contributed by atoms with Gasteiger partial charge >= 0.3 is 0 Å². The molecule has 2 N–H and O–H groups in total. The summed E-state index contributed by atoms with van der Waals surface area (Å²) in [6.45, 7) is 5.31. The van der Waals surface area contributed by atoms with Crippen molar-refractivity contribution in [2.75, 3.05) is 32.7 Å². The van der Waals surface area contributed by atoms with E-state index < -0.39 is 5.60 Å². The molecule has 2 aromatic rings. The van der Waals surface area contributed by atoms with Crippen LogP contribution in [0.3, 0.4) is 0 Å². The molecular weight excluding hydrogens is 408 g/mol. The Bertz CT molecular complexity index is 990. The first-order valence-electron chi connectivity index (χ1n) is 13.1. The van der Waals surface area contributed by atoms with E-state index in [1.165, 1.54) is 29.5 Å². The van der Waals surface area contributed by atoms with Crippen LogP contribution in [0.2, 0.25) is 0 Å². The fourth-order valence-corrected chi connectivity index (χ4v) is 7.29. The van der Waals surface area contributed by atoms with Crippen LogP contribution in [-0.4, -0.2) is 64.4 Å². The number of phenolic OH excluding ortho intramolecular Hbond substituents is 1.